The van der Waals surface area contributed by atoms with Crippen LogP contribution < -0.4 is 5.73 Å². The van der Waals surface area contributed by atoms with E-state index in [1.807, 2.05) is 0 Å². The molecule has 0 amide bonds. The van der Waals surface area contributed by atoms with Gasteiger partial charge in [0.2, 0.25) is 0 Å². The van der Waals surface area contributed by atoms with Gasteiger partial charge in [0, 0.05) is 26.2 Å². The van der Waals surface area contributed by atoms with Crippen molar-refractivity contribution in [1.82, 2.24) is 4.90 Å². The van der Waals surface area contributed by atoms with Crippen LogP contribution in [0.25, 0.3) is 0 Å². The van der Waals surface area contributed by atoms with Crippen LogP contribution in [0.4, 0.5) is 0 Å². The highest BCUT2D eigenvalue weighted by molar-refractivity contribution is 4.82. The van der Waals surface area contributed by atoms with Gasteiger partial charge >= 0.3 is 0 Å². The first kappa shape index (κ1) is 15.9. The molecule has 0 saturated heterocycles. The third-order valence-corrected chi connectivity index (χ3v) is 4.63. The molecule has 0 aromatic carbocycles. The Morgan fingerprint density at radius 1 is 1.22 bits per heavy atom. The quantitative estimate of drug-likeness (QED) is 0.689. The molecule has 1 rings (SSSR count). The van der Waals surface area contributed by atoms with Crippen LogP contribution in [0.1, 0.15) is 46.0 Å². The lowest BCUT2D eigenvalue weighted by Crippen LogP contribution is -2.41. The van der Waals surface area contributed by atoms with E-state index in [1.54, 1.807) is 7.11 Å². The second-order valence-corrected chi connectivity index (χ2v) is 5.64. The van der Waals surface area contributed by atoms with Gasteiger partial charge in [-0.1, -0.05) is 20.3 Å². The number of rotatable bonds is 9. The molecule has 0 spiro atoms. The predicted octanol–water partition coefficient (Wildman–Crippen LogP) is 2.50. The summed E-state index contributed by atoms with van der Waals surface area (Å²) in [5.74, 6) is 1.57. The maximum absolute atomic E-state index is 5.90. The zero-order chi connectivity index (χ0) is 13.4. The molecule has 2 atom stereocenters. The second-order valence-electron chi connectivity index (χ2n) is 5.64. The van der Waals surface area contributed by atoms with Crippen LogP contribution in [-0.2, 0) is 4.74 Å². The van der Waals surface area contributed by atoms with E-state index >= 15 is 0 Å². The van der Waals surface area contributed by atoms with E-state index in [0.717, 1.165) is 31.5 Å². The lowest BCUT2D eigenvalue weighted by atomic mass is 9.94. The van der Waals surface area contributed by atoms with Crippen molar-refractivity contribution in [1.29, 1.82) is 0 Å². The van der Waals surface area contributed by atoms with Gasteiger partial charge in [-0.2, -0.15) is 0 Å². The van der Waals surface area contributed by atoms with Gasteiger partial charge in [0.1, 0.15) is 0 Å². The molecule has 0 heterocycles. The highest BCUT2D eigenvalue weighted by atomic mass is 16.5. The number of methoxy groups -OCH3 is 1. The highest BCUT2D eigenvalue weighted by Gasteiger charge is 2.29. The maximum Gasteiger partial charge on any atom is 0.0589 e. The topological polar surface area (TPSA) is 38.5 Å². The minimum atomic E-state index is 0.708. The smallest absolute Gasteiger partial charge is 0.0589 e. The van der Waals surface area contributed by atoms with E-state index in [9.17, 15) is 0 Å². The molecular weight excluding hydrogens is 224 g/mol. The van der Waals surface area contributed by atoms with Crippen LogP contribution >= 0.6 is 0 Å². The summed E-state index contributed by atoms with van der Waals surface area (Å²) in [6.45, 7) is 8.59. The fourth-order valence-corrected chi connectivity index (χ4v) is 3.40. The molecule has 0 radical (unpaired) electrons. The first-order valence-electron chi connectivity index (χ1n) is 7.69. The molecule has 1 aliphatic rings. The Labute approximate surface area is 113 Å². The maximum atomic E-state index is 5.90. The van der Waals surface area contributed by atoms with Gasteiger partial charge in [-0.3, -0.25) is 4.90 Å². The van der Waals surface area contributed by atoms with Crippen molar-refractivity contribution in [3.05, 3.63) is 0 Å². The molecule has 1 fully saturated rings. The van der Waals surface area contributed by atoms with Crippen LogP contribution in [0.2, 0.25) is 0 Å². The monoisotopic (exact) mass is 256 g/mol. The van der Waals surface area contributed by atoms with Gasteiger partial charge in [0.05, 0.1) is 6.61 Å². The Kier molecular flexibility index (Phi) is 7.87. The van der Waals surface area contributed by atoms with Crippen LogP contribution in [0, 0.1) is 11.8 Å². The summed E-state index contributed by atoms with van der Waals surface area (Å²) in [4.78, 5) is 2.64. The number of hydrogen-bond donors (Lipinski definition) is 1. The summed E-state index contributed by atoms with van der Waals surface area (Å²) in [7, 11) is 1.79. The molecule has 0 aliphatic heterocycles. The number of nitrogens with two attached hydrogens (primary N) is 1. The van der Waals surface area contributed by atoms with Crippen molar-refractivity contribution >= 4 is 0 Å². The van der Waals surface area contributed by atoms with E-state index < -0.39 is 0 Å². The lowest BCUT2D eigenvalue weighted by Gasteiger charge is -2.34. The van der Waals surface area contributed by atoms with Crippen molar-refractivity contribution < 1.29 is 4.74 Å². The third kappa shape index (κ3) is 4.52. The molecule has 0 aromatic rings. The predicted molar refractivity (Wildman–Crippen MR) is 77.7 cm³/mol. The van der Waals surface area contributed by atoms with Gasteiger partial charge < -0.3 is 10.5 Å². The van der Waals surface area contributed by atoms with Crippen LogP contribution in [-0.4, -0.2) is 44.3 Å². The van der Waals surface area contributed by atoms with E-state index in [-0.39, 0.29) is 0 Å². The molecule has 3 nitrogen and oxygen atoms in total. The van der Waals surface area contributed by atoms with Crippen LogP contribution in [0.15, 0.2) is 0 Å². The summed E-state index contributed by atoms with van der Waals surface area (Å²) in [6, 6.07) is 0.708. The molecule has 2 unspecified atom stereocenters. The lowest BCUT2D eigenvalue weighted by molar-refractivity contribution is 0.0950. The highest BCUT2D eigenvalue weighted by Crippen LogP contribution is 2.32. The Morgan fingerprint density at radius 2 is 1.89 bits per heavy atom. The SMILES string of the molecule is CCC(CC)N(CCOC)CC1CCCC1CN. The molecular formula is C15H32N2O. The standard InChI is InChI=1S/C15H32N2O/c1-4-15(5-2)17(9-10-18-3)12-14-8-6-7-13(14)11-16/h13-15H,4-12,16H2,1-3H3. The third-order valence-electron chi connectivity index (χ3n) is 4.63. The van der Waals surface area contributed by atoms with E-state index in [1.165, 1.54) is 38.6 Å². The minimum Gasteiger partial charge on any atom is -0.383 e. The fraction of sp³-hybridized carbons (Fsp3) is 1.00. The van der Waals surface area contributed by atoms with Crippen LogP contribution in [0.3, 0.4) is 0 Å². The zero-order valence-electron chi connectivity index (χ0n) is 12.5. The second kappa shape index (κ2) is 8.89. The number of hydrogen-bond acceptors (Lipinski definition) is 3. The molecule has 1 saturated carbocycles. The van der Waals surface area contributed by atoms with Gasteiger partial charge in [0.15, 0.2) is 0 Å². The van der Waals surface area contributed by atoms with Crippen LogP contribution in [0.5, 0.6) is 0 Å². The Morgan fingerprint density at radius 3 is 2.44 bits per heavy atom. The van der Waals surface area contributed by atoms with Gasteiger partial charge in [0.25, 0.3) is 0 Å². The van der Waals surface area contributed by atoms with Crippen molar-refractivity contribution in [3.8, 4) is 0 Å². The molecule has 2 N–H and O–H groups in total. The summed E-state index contributed by atoms with van der Waals surface area (Å²) in [5, 5.41) is 0. The molecule has 3 heteroatoms. The van der Waals surface area contributed by atoms with Crippen molar-refractivity contribution in [2.24, 2.45) is 17.6 Å². The largest absolute Gasteiger partial charge is 0.383 e. The first-order chi connectivity index (χ1) is 8.76. The van der Waals surface area contributed by atoms with Gasteiger partial charge in [-0.05, 0) is 44.1 Å². The normalized spacial score (nSPS) is 24.3. The summed E-state index contributed by atoms with van der Waals surface area (Å²) < 4.78 is 5.26. The van der Waals surface area contributed by atoms with Gasteiger partial charge in [-0.15, -0.1) is 0 Å². The average molecular weight is 256 g/mol. The number of ether oxygens (including phenoxy) is 1. The molecule has 0 aromatic heterocycles. The Balaban J connectivity index is 2.53. The summed E-state index contributed by atoms with van der Waals surface area (Å²) in [6.07, 6.45) is 6.54. The average Bonchev–Trinajstić information content (AvgIpc) is 2.84. The van der Waals surface area contributed by atoms with Crippen molar-refractivity contribution in [3.63, 3.8) is 0 Å². The minimum absolute atomic E-state index is 0.708. The van der Waals surface area contributed by atoms with E-state index in [0.29, 0.717) is 6.04 Å². The zero-order valence-corrected chi connectivity index (χ0v) is 12.5. The van der Waals surface area contributed by atoms with Crippen molar-refractivity contribution in [2.75, 3.05) is 33.4 Å². The molecule has 108 valence electrons. The van der Waals surface area contributed by atoms with Gasteiger partial charge in [-0.25, -0.2) is 0 Å². The molecule has 18 heavy (non-hydrogen) atoms. The van der Waals surface area contributed by atoms with E-state index in [4.69, 9.17) is 10.5 Å². The molecule has 1 aliphatic carbocycles. The van der Waals surface area contributed by atoms with E-state index in [2.05, 4.69) is 18.7 Å². The van der Waals surface area contributed by atoms with Crippen molar-refractivity contribution in [2.45, 2.75) is 52.0 Å². The fourth-order valence-electron chi connectivity index (χ4n) is 3.40. The summed E-state index contributed by atoms with van der Waals surface area (Å²) >= 11 is 0. The summed E-state index contributed by atoms with van der Waals surface area (Å²) in [5.41, 5.74) is 5.90. The Bertz CT molecular complexity index is 207. The first-order valence-corrected chi connectivity index (χ1v) is 7.69. The Hall–Kier alpha value is -0.120. The number of nitrogens with zero attached hydrogens (tertiary/aromatic N) is 1. The molecule has 0 bridgehead atoms.